The summed E-state index contributed by atoms with van der Waals surface area (Å²) in [6, 6.07) is 8.64. The van der Waals surface area contributed by atoms with Gasteiger partial charge in [0.05, 0.1) is 35.0 Å². The molecule has 1 saturated heterocycles. The second-order valence-corrected chi connectivity index (χ2v) is 9.78. The van der Waals surface area contributed by atoms with Gasteiger partial charge in [0.15, 0.2) is 0 Å². The van der Waals surface area contributed by atoms with Crippen molar-refractivity contribution in [1.29, 1.82) is 0 Å². The van der Waals surface area contributed by atoms with E-state index in [-0.39, 0.29) is 6.17 Å². The maximum atomic E-state index is 4.69. The number of hydrogen-bond acceptors (Lipinski definition) is 8. The second-order valence-electron chi connectivity index (χ2n) is 9.78. The second kappa shape index (κ2) is 8.83. The summed E-state index contributed by atoms with van der Waals surface area (Å²) in [5.74, 6) is 0. The first kappa shape index (κ1) is 21.8. The molecule has 2 aliphatic heterocycles. The van der Waals surface area contributed by atoms with Gasteiger partial charge < -0.3 is 25.3 Å². The van der Waals surface area contributed by atoms with E-state index in [1.165, 1.54) is 5.56 Å². The van der Waals surface area contributed by atoms with Gasteiger partial charge in [-0.3, -0.25) is 15.1 Å². The van der Waals surface area contributed by atoms with Crippen molar-refractivity contribution in [2.75, 3.05) is 62.9 Å². The molecule has 1 atom stereocenters. The van der Waals surface area contributed by atoms with E-state index in [2.05, 4.69) is 85.8 Å². The minimum absolute atomic E-state index is 0.136. The van der Waals surface area contributed by atoms with Crippen LogP contribution in [0.2, 0.25) is 0 Å². The Balaban J connectivity index is 1.30. The highest BCUT2D eigenvalue weighted by Gasteiger charge is 2.29. The van der Waals surface area contributed by atoms with Crippen molar-refractivity contribution >= 4 is 28.0 Å². The smallest absolute Gasteiger partial charge is 0.143 e. The van der Waals surface area contributed by atoms with Crippen LogP contribution < -0.4 is 15.5 Å². The Hall–Kier alpha value is -3.69. The maximum Gasteiger partial charge on any atom is 0.143 e. The zero-order valence-electron chi connectivity index (χ0n) is 20.4. The summed E-state index contributed by atoms with van der Waals surface area (Å²) >= 11 is 0. The van der Waals surface area contributed by atoms with E-state index in [1.54, 1.807) is 0 Å². The number of likely N-dealkylation sites (N-methyl/N-ethyl adjacent to an activating group) is 1. The molecule has 0 radical (unpaired) electrons. The van der Waals surface area contributed by atoms with E-state index in [0.717, 1.165) is 77.5 Å². The van der Waals surface area contributed by atoms with E-state index >= 15 is 0 Å². The van der Waals surface area contributed by atoms with E-state index < -0.39 is 0 Å². The van der Waals surface area contributed by atoms with Gasteiger partial charge in [-0.2, -0.15) is 5.10 Å². The molecule has 0 aliphatic carbocycles. The van der Waals surface area contributed by atoms with Crippen LogP contribution in [-0.4, -0.2) is 77.3 Å². The number of nitrogens with zero attached hydrogens (tertiary/aromatic N) is 6. The van der Waals surface area contributed by atoms with Gasteiger partial charge in [-0.05, 0) is 50.5 Å². The number of anilines is 3. The monoisotopic (exact) mass is 469 g/mol. The van der Waals surface area contributed by atoms with Crippen LogP contribution in [0.4, 0.5) is 17.1 Å². The van der Waals surface area contributed by atoms with Crippen LogP contribution in [0.3, 0.4) is 0 Å². The number of piperazine rings is 1. The Morgan fingerprint density at radius 2 is 1.77 bits per heavy atom. The van der Waals surface area contributed by atoms with Gasteiger partial charge in [-0.1, -0.05) is 6.07 Å². The van der Waals surface area contributed by atoms with Gasteiger partial charge in [0.2, 0.25) is 0 Å². The molecule has 0 saturated carbocycles. The van der Waals surface area contributed by atoms with Crippen molar-refractivity contribution in [1.82, 2.24) is 30.0 Å². The molecule has 9 nitrogen and oxygen atoms in total. The molecule has 1 unspecified atom stereocenters. The number of rotatable bonds is 5. The zero-order chi connectivity index (χ0) is 23.9. The highest BCUT2D eigenvalue weighted by molar-refractivity contribution is 5.91. The van der Waals surface area contributed by atoms with Gasteiger partial charge in [-0.25, -0.2) is 0 Å². The first-order chi connectivity index (χ1) is 17.0. The van der Waals surface area contributed by atoms with Crippen molar-refractivity contribution in [3.63, 3.8) is 0 Å². The molecule has 1 aromatic carbocycles. The van der Waals surface area contributed by atoms with Crippen LogP contribution in [0.15, 0.2) is 49.1 Å². The minimum atomic E-state index is -0.136. The summed E-state index contributed by atoms with van der Waals surface area (Å²) in [5, 5.41) is 16.3. The van der Waals surface area contributed by atoms with Crippen molar-refractivity contribution in [2.45, 2.75) is 12.7 Å². The summed E-state index contributed by atoms with van der Waals surface area (Å²) in [6.45, 7) is 4.96. The number of nitrogens with one attached hydrogen (secondary N) is 3. The highest BCUT2D eigenvalue weighted by atomic mass is 15.3. The average Bonchev–Trinajstić information content (AvgIpc) is 3.48. The Bertz CT molecular complexity index is 1350. The zero-order valence-corrected chi connectivity index (χ0v) is 20.4. The number of aromatic amines is 1. The van der Waals surface area contributed by atoms with Gasteiger partial charge in [0, 0.05) is 56.1 Å². The average molecular weight is 470 g/mol. The summed E-state index contributed by atoms with van der Waals surface area (Å²) in [6.07, 6.45) is 7.58. The predicted octanol–water partition coefficient (Wildman–Crippen LogP) is 3.37. The maximum absolute atomic E-state index is 4.69. The highest BCUT2D eigenvalue weighted by Crippen LogP contribution is 2.42. The number of pyridine rings is 2. The third-order valence-electron chi connectivity index (χ3n) is 6.85. The fraction of sp³-hybridized carbons (Fsp3) is 0.346. The molecule has 35 heavy (non-hydrogen) atoms. The Kier molecular flexibility index (Phi) is 5.50. The Morgan fingerprint density at radius 3 is 2.60 bits per heavy atom. The quantitative estimate of drug-likeness (QED) is 0.410. The molecule has 0 spiro atoms. The lowest BCUT2D eigenvalue weighted by atomic mass is 10.0. The molecular formula is C26H31N9. The first-order valence-corrected chi connectivity index (χ1v) is 12.1. The van der Waals surface area contributed by atoms with E-state index in [9.17, 15) is 0 Å². The van der Waals surface area contributed by atoms with Gasteiger partial charge in [0.1, 0.15) is 11.9 Å². The van der Waals surface area contributed by atoms with Crippen molar-refractivity contribution in [2.24, 2.45) is 0 Å². The number of benzene rings is 1. The molecule has 1 fully saturated rings. The Labute approximate surface area is 205 Å². The van der Waals surface area contributed by atoms with Crippen LogP contribution in [0.1, 0.15) is 17.4 Å². The molecule has 180 valence electrons. The van der Waals surface area contributed by atoms with Crippen LogP contribution >= 0.6 is 0 Å². The SMILES string of the molecule is CN(C)Cc1cncc(-c2ccc3[nH]nc(C4Nc5cncc(N6CCN(C)CC6)c5N4)c3c2)c1. The van der Waals surface area contributed by atoms with Crippen LogP contribution in [0.25, 0.3) is 22.0 Å². The fourth-order valence-electron chi connectivity index (χ4n) is 5.00. The third-order valence-corrected chi connectivity index (χ3v) is 6.85. The normalized spacial score (nSPS) is 18.1. The molecule has 0 bridgehead atoms. The molecule has 2 aliphatic rings. The third kappa shape index (κ3) is 4.17. The van der Waals surface area contributed by atoms with E-state index in [0.29, 0.717) is 0 Å². The van der Waals surface area contributed by atoms with Crippen molar-refractivity contribution in [3.05, 3.63) is 60.3 Å². The summed E-state index contributed by atoms with van der Waals surface area (Å²) < 4.78 is 0. The van der Waals surface area contributed by atoms with Crippen LogP contribution in [0, 0.1) is 0 Å². The lowest BCUT2D eigenvalue weighted by Gasteiger charge is -2.34. The molecule has 4 aromatic rings. The topological polar surface area (TPSA) is 88.2 Å². The largest absolute Gasteiger partial charge is 0.366 e. The van der Waals surface area contributed by atoms with Crippen LogP contribution in [0.5, 0.6) is 0 Å². The molecular weight excluding hydrogens is 438 g/mol. The number of hydrogen-bond donors (Lipinski definition) is 3. The van der Waals surface area contributed by atoms with Crippen molar-refractivity contribution in [3.8, 4) is 11.1 Å². The summed E-state index contributed by atoms with van der Waals surface area (Å²) in [4.78, 5) is 15.9. The molecule has 5 heterocycles. The Morgan fingerprint density at radius 1 is 0.943 bits per heavy atom. The first-order valence-electron chi connectivity index (χ1n) is 12.1. The van der Waals surface area contributed by atoms with Crippen LogP contribution in [-0.2, 0) is 6.54 Å². The standard InChI is InChI=1S/C26H31N9/c1-33(2)16-17-10-19(13-27-12-17)18-4-5-21-20(11-18)24(32-31-21)26-29-22-14-28-15-23(25(22)30-26)35-8-6-34(3)7-9-35/h4-5,10-15,26,29-30H,6-9,16H2,1-3H3,(H,31,32). The minimum Gasteiger partial charge on any atom is -0.366 e. The lowest BCUT2D eigenvalue weighted by molar-refractivity contribution is 0.313. The molecule has 9 heteroatoms. The number of aromatic nitrogens is 4. The fourth-order valence-corrected chi connectivity index (χ4v) is 5.00. The van der Waals surface area contributed by atoms with E-state index in [1.807, 2.05) is 24.8 Å². The molecule has 6 rings (SSSR count). The van der Waals surface area contributed by atoms with Gasteiger partial charge in [0.25, 0.3) is 0 Å². The molecule has 3 aromatic heterocycles. The lowest BCUT2D eigenvalue weighted by Crippen LogP contribution is -2.44. The number of fused-ring (bicyclic) bond motifs is 2. The molecule has 0 amide bonds. The van der Waals surface area contributed by atoms with E-state index in [4.69, 9.17) is 5.10 Å². The number of H-pyrrole nitrogens is 1. The van der Waals surface area contributed by atoms with Gasteiger partial charge in [-0.15, -0.1) is 0 Å². The van der Waals surface area contributed by atoms with Crippen molar-refractivity contribution < 1.29 is 0 Å². The molecule has 3 N–H and O–H groups in total. The van der Waals surface area contributed by atoms with Gasteiger partial charge >= 0.3 is 0 Å². The summed E-state index contributed by atoms with van der Waals surface area (Å²) in [7, 11) is 6.31. The predicted molar refractivity (Wildman–Crippen MR) is 141 cm³/mol. The summed E-state index contributed by atoms with van der Waals surface area (Å²) in [5.41, 5.74) is 8.65.